The van der Waals surface area contributed by atoms with E-state index in [1.54, 1.807) is 37.1 Å². The number of hydrogen-bond acceptors (Lipinski definition) is 4. The molecule has 0 saturated carbocycles. The second kappa shape index (κ2) is 6.80. The van der Waals surface area contributed by atoms with Gasteiger partial charge in [-0.2, -0.15) is 0 Å². The van der Waals surface area contributed by atoms with Gasteiger partial charge in [-0.15, -0.1) is 0 Å². The third-order valence-electron chi connectivity index (χ3n) is 4.30. The highest BCUT2D eigenvalue weighted by atomic mass is 35.5. The summed E-state index contributed by atoms with van der Waals surface area (Å²) >= 11 is 6.13. The number of carboxylic acids is 1. The molecule has 0 aliphatic rings. The Kier molecular flexibility index (Phi) is 4.70. The Bertz CT molecular complexity index is 1060. The third kappa shape index (κ3) is 3.28. The first kappa shape index (κ1) is 17.9. The summed E-state index contributed by atoms with van der Waals surface area (Å²) in [6, 6.07) is 9.51. The maximum atomic E-state index is 13.3. The van der Waals surface area contributed by atoms with Gasteiger partial charge in [0.2, 0.25) is 0 Å². The lowest BCUT2D eigenvalue weighted by Gasteiger charge is -2.23. The molecule has 1 heterocycles. The molecule has 5 nitrogen and oxygen atoms in total. The van der Waals surface area contributed by atoms with Crippen molar-refractivity contribution in [3.63, 3.8) is 0 Å². The monoisotopic (exact) mass is 375 g/mol. The SMILES string of the molecule is CC(C(=O)O)N(C)c1ccc2c(-c3ccc(F)cc3Cl)cc(=O)oc2c1. The summed E-state index contributed by atoms with van der Waals surface area (Å²) in [5.74, 6) is -1.45. The molecule has 2 aromatic carbocycles. The summed E-state index contributed by atoms with van der Waals surface area (Å²) in [5.41, 5.74) is 1.31. The lowest BCUT2D eigenvalue weighted by atomic mass is 10.0. The van der Waals surface area contributed by atoms with Crippen LogP contribution in [-0.2, 0) is 4.79 Å². The third-order valence-corrected chi connectivity index (χ3v) is 4.61. The molecule has 26 heavy (non-hydrogen) atoms. The second-order valence-electron chi connectivity index (χ2n) is 5.91. The van der Waals surface area contributed by atoms with Gasteiger partial charge in [0.25, 0.3) is 0 Å². The normalized spacial score (nSPS) is 12.2. The van der Waals surface area contributed by atoms with E-state index in [2.05, 4.69) is 0 Å². The Morgan fingerprint density at radius 3 is 2.58 bits per heavy atom. The van der Waals surface area contributed by atoms with Crippen LogP contribution in [0.15, 0.2) is 51.7 Å². The predicted octanol–water partition coefficient (Wildman–Crippen LogP) is 4.16. The number of aliphatic carboxylic acids is 1. The zero-order valence-corrected chi connectivity index (χ0v) is 14.7. The predicted molar refractivity (Wildman–Crippen MR) is 98.4 cm³/mol. The fraction of sp³-hybridized carbons (Fsp3) is 0.158. The topological polar surface area (TPSA) is 70.8 Å². The standard InChI is InChI=1S/C19H15ClFNO4/c1-10(19(24)25)22(2)12-4-6-14-15(9-18(23)26-17(14)8-12)13-5-3-11(21)7-16(13)20/h3-10H,1-2H3,(H,24,25). The Morgan fingerprint density at radius 1 is 1.19 bits per heavy atom. The Morgan fingerprint density at radius 2 is 1.92 bits per heavy atom. The van der Waals surface area contributed by atoms with Gasteiger partial charge in [0.15, 0.2) is 0 Å². The highest BCUT2D eigenvalue weighted by molar-refractivity contribution is 6.33. The van der Waals surface area contributed by atoms with E-state index < -0.39 is 23.5 Å². The molecule has 0 aliphatic carbocycles. The van der Waals surface area contributed by atoms with E-state index in [0.29, 0.717) is 22.2 Å². The van der Waals surface area contributed by atoms with E-state index in [4.69, 9.17) is 21.1 Å². The molecule has 1 N–H and O–H groups in total. The Balaban J connectivity index is 2.18. The van der Waals surface area contributed by atoms with Gasteiger partial charge in [-0.3, -0.25) is 0 Å². The number of carboxylic acid groups (broad SMARTS) is 1. The van der Waals surface area contributed by atoms with Crippen LogP contribution in [-0.4, -0.2) is 24.2 Å². The molecule has 1 unspecified atom stereocenters. The van der Waals surface area contributed by atoms with Gasteiger partial charge in [-0.1, -0.05) is 11.6 Å². The molecular weight excluding hydrogens is 361 g/mol. The highest BCUT2D eigenvalue weighted by Gasteiger charge is 2.19. The molecule has 0 amide bonds. The quantitative estimate of drug-likeness (QED) is 0.693. The minimum atomic E-state index is -0.971. The summed E-state index contributed by atoms with van der Waals surface area (Å²) < 4.78 is 18.6. The molecule has 0 aliphatic heterocycles. The highest BCUT2D eigenvalue weighted by Crippen LogP contribution is 2.34. The fourth-order valence-corrected chi connectivity index (χ4v) is 2.96. The van der Waals surface area contributed by atoms with Crippen molar-refractivity contribution in [3.8, 4) is 11.1 Å². The first-order chi connectivity index (χ1) is 12.3. The maximum Gasteiger partial charge on any atom is 0.336 e. The first-order valence-electron chi connectivity index (χ1n) is 7.77. The van der Waals surface area contributed by atoms with Gasteiger partial charge >= 0.3 is 11.6 Å². The summed E-state index contributed by atoms with van der Waals surface area (Å²) in [6.07, 6.45) is 0. The zero-order chi connectivity index (χ0) is 19.0. The van der Waals surface area contributed by atoms with Crippen molar-refractivity contribution in [2.45, 2.75) is 13.0 Å². The second-order valence-corrected chi connectivity index (χ2v) is 6.32. The zero-order valence-electron chi connectivity index (χ0n) is 14.0. The average molecular weight is 376 g/mol. The van der Waals surface area contributed by atoms with Gasteiger partial charge < -0.3 is 14.4 Å². The van der Waals surface area contributed by atoms with Crippen LogP contribution in [0.25, 0.3) is 22.1 Å². The minimum Gasteiger partial charge on any atom is -0.480 e. The number of likely N-dealkylation sites (N-methyl/N-ethyl adjacent to an activating group) is 1. The Hall–Kier alpha value is -2.86. The van der Waals surface area contributed by atoms with Crippen LogP contribution >= 0.6 is 11.6 Å². The van der Waals surface area contributed by atoms with Gasteiger partial charge in [0.05, 0.1) is 5.02 Å². The van der Waals surface area contributed by atoms with E-state index in [1.165, 1.54) is 24.3 Å². The minimum absolute atomic E-state index is 0.178. The van der Waals surface area contributed by atoms with E-state index in [9.17, 15) is 14.0 Å². The van der Waals surface area contributed by atoms with Crippen LogP contribution in [0.2, 0.25) is 5.02 Å². The number of carbonyl (C=O) groups is 1. The van der Waals surface area contributed by atoms with E-state index in [0.717, 1.165) is 0 Å². The number of halogens is 2. The molecule has 0 fully saturated rings. The van der Waals surface area contributed by atoms with Crippen LogP contribution in [0.5, 0.6) is 0 Å². The van der Waals surface area contributed by atoms with E-state index in [-0.39, 0.29) is 10.6 Å². The number of anilines is 1. The number of benzene rings is 2. The molecule has 0 radical (unpaired) electrons. The van der Waals surface area contributed by atoms with E-state index >= 15 is 0 Å². The average Bonchev–Trinajstić information content (AvgIpc) is 2.59. The van der Waals surface area contributed by atoms with Crippen molar-refractivity contribution >= 4 is 34.2 Å². The lowest BCUT2D eigenvalue weighted by molar-refractivity contribution is -0.138. The molecule has 134 valence electrons. The summed E-state index contributed by atoms with van der Waals surface area (Å²) in [7, 11) is 1.64. The summed E-state index contributed by atoms with van der Waals surface area (Å²) in [4.78, 5) is 24.7. The lowest BCUT2D eigenvalue weighted by Crippen LogP contribution is -2.35. The molecule has 0 saturated heterocycles. The maximum absolute atomic E-state index is 13.3. The number of hydrogen-bond donors (Lipinski definition) is 1. The first-order valence-corrected chi connectivity index (χ1v) is 8.14. The van der Waals surface area contributed by atoms with Crippen LogP contribution in [0, 0.1) is 5.82 Å². The van der Waals surface area contributed by atoms with Gasteiger partial charge in [0, 0.05) is 41.4 Å². The summed E-state index contributed by atoms with van der Waals surface area (Å²) in [5, 5.41) is 9.94. The van der Waals surface area contributed by atoms with Crippen LogP contribution < -0.4 is 10.5 Å². The van der Waals surface area contributed by atoms with Crippen molar-refractivity contribution in [1.29, 1.82) is 0 Å². The molecule has 0 spiro atoms. The van der Waals surface area contributed by atoms with Gasteiger partial charge in [-0.05, 0) is 37.3 Å². The van der Waals surface area contributed by atoms with Crippen molar-refractivity contribution < 1.29 is 18.7 Å². The van der Waals surface area contributed by atoms with Crippen LogP contribution in [0.1, 0.15) is 6.92 Å². The molecule has 0 bridgehead atoms. The molecule has 1 atom stereocenters. The molecule has 7 heteroatoms. The van der Waals surface area contributed by atoms with E-state index in [1.807, 2.05) is 0 Å². The largest absolute Gasteiger partial charge is 0.480 e. The Labute approximate surface area is 153 Å². The van der Waals surface area contributed by atoms with Crippen molar-refractivity contribution in [2.24, 2.45) is 0 Å². The fourth-order valence-electron chi connectivity index (χ4n) is 2.69. The molecular formula is C19H15ClFNO4. The van der Waals surface area contributed by atoms with Crippen molar-refractivity contribution in [3.05, 3.63) is 63.7 Å². The van der Waals surface area contributed by atoms with Crippen LogP contribution in [0.4, 0.5) is 10.1 Å². The smallest absolute Gasteiger partial charge is 0.336 e. The van der Waals surface area contributed by atoms with Gasteiger partial charge in [-0.25, -0.2) is 14.0 Å². The molecule has 3 aromatic rings. The number of fused-ring (bicyclic) bond motifs is 1. The molecule has 1 aromatic heterocycles. The molecule has 3 rings (SSSR count). The van der Waals surface area contributed by atoms with Crippen LogP contribution in [0.3, 0.4) is 0 Å². The van der Waals surface area contributed by atoms with Crippen molar-refractivity contribution in [1.82, 2.24) is 0 Å². The van der Waals surface area contributed by atoms with Crippen molar-refractivity contribution in [2.75, 3.05) is 11.9 Å². The number of rotatable bonds is 4. The number of nitrogens with zero attached hydrogens (tertiary/aromatic N) is 1. The summed E-state index contributed by atoms with van der Waals surface area (Å²) in [6.45, 7) is 1.55. The van der Waals surface area contributed by atoms with Gasteiger partial charge in [0.1, 0.15) is 17.4 Å².